The molecular weight excluding hydrogens is 384 g/mol. The molecule has 25 heavy (non-hydrogen) atoms. The highest BCUT2D eigenvalue weighted by molar-refractivity contribution is 7.98. The molecule has 4 nitrogen and oxygen atoms in total. The van der Waals surface area contributed by atoms with Gasteiger partial charge in [-0.1, -0.05) is 47.1 Å². The lowest BCUT2D eigenvalue weighted by Crippen LogP contribution is -2.04. The second kappa shape index (κ2) is 8.08. The molecule has 0 atom stereocenters. The van der Waals surface area contributed by atoms with E-state index >= 15 is 0 Å². The number of benzene rings is 2. The van der Waals surface area contributed by atoms with Gasteiger partial charge in [0, 0.05) is 17.8 Å². The van der Waals surface area contributed by atoms with Gasteiger partial charge in [-0.15, -0.1) is 10.2 Å². The van der Waals surface area contributed by atoms with Gasteiger partial charge in [-0.3, -0.25) is 0 Å². The van der Waals surface area contributed by atoms with E-state index in [0.29, 0.717) is 16.6 Å². The second-order valence-corrected chi connectivity index (χ2v) is 7.03. The van der Waals surface area contributed by atoms with Crippen LogP contribution in [0.1, 0.15) is 11.4 Å². The van der Waals surface area contributed by atoms with Crippen LogP contribution in [0.3, 0.4) is 0 Å². The lowest BCUT2D eigenvalue weighted by molar-refractivity contribution is 0.290. The predicted octanol–water partition coefficient (Wildman–Crippen LogP) is 5.13. The van der Waals surface area contributed by atoms with Crippen LogP contribution in [0, 0.1) is 5.82 Å². The van der Waals surface area contributed by atoms with E-state index < -0.39 is 5.82 Å². The van der Waals surface area contributed by atoms with E-state index in [4.69, 9.17) is 27.9 Å². The largest absolute Gasteiger partial charge is 0.484 e. The van der Waals surface area contributed by atoms with Gasteiger partial charge < -0.3 is 9.30 Å². The van der Waals surface area contributed by atoms with Crippen LogP contribution in [0.15, 0.2) is 47.6 Å². The smallest absolute Gasteiger partial charge is 0.191 e. The van der Waals surface area contributed by atoms with Crippen molar-refractivity contribution in [3.63, 3.8) is 0 Å². The van der Waals surface area contributed by atoms with Crippen LogP contribution in [0.5, 0.6) is 5.75 Å². The molecule has 1 heterocycles. The van der Waals surface area contributed by atoms with Gasteiger partial charge in [0.2, 0.25) is 0 Å². The summed E-state index contributed by atoms with van der Waals surface area (Å²) in [6, 6.07) is 11.7. The number of nitrogens with zero attached hydrogens (tertiary/aromatic N) is 3. The third-order valence-electron chi connectivity index (χ3n) is 3.43. The summed E-state index contributed by atoms with van der Waals surface area (Å²) < 4.78 is 20.5. The molecule has 0 aliphatic rings. The minimum absolute atomic E-state index is 0.187. The van der Waals surface area contributed by atoms with Gasteiger partial charge in [-0.25, -0.2) is 4.39 Å². The molecule has 0 amide bonds. The van der Waals surface area contributed by atoms with Crippen molar-refractivity contribution >= 4 is 35.0 Å². The molecule has 0 saturated heterocycles. The van der Waals surface area contributed by atoms with Gasteiger partial charge in [0.15, 0.2) is 11.0 Å². The highest BCUT2D eigenvalue weighted by Crippen LogP contribution is 2.26. The topological polar surface area (TPSA) is 39.9 Å². The van der Waals surface area contributed by atoms with Gasteiger partial charge in [0.1, 0.15) is 18.2 Å². The molecule has 0 unspecified atom stereocenters. The van der Waals surface area contributed by atoms with Crippen molar-refractivity contribution < 1.29 is 9.13 Å². The number of ether oxygens (including phenoxy) is 1. The van der Waals surface area contributed by atoms with Crippen molar-refractivity contribution in [2.45, 2.75) is 17.5 Å². The number of aromatic nitrogens is 3. The molecular formula is C17H14Cl2FN3OS. The van der Waals surface area contributed by atoms with Crippen LogP contribution in [-0.2, 0) is 19.4 Å². The standard InChI is InChI=1S/C17H14Cl2FN3OS/c1-23-16(9-24-15-6-5-13(20)8-14(15)19)21-22-17(23)25-10-11-3-2-4-12(18)7-11/h2-8H,9-10H2,1H3. The molecule has 8 heteroatoms. The molecule has 0 aliphatic heterocycles. The SMILES string of the molecule is Cn1c(COc2ccc(F)cc2Cl)nnc1SCc1cccc(Cl)c1. The summed E-state index contributed by atoms with van der Waals surface area (Å²) in [5, 5.41) is 10.0. The zero-order valence-corrected chi connectivity index (χ0v) is 15.6. The fourth-order valence-electron chi connectivity index (χ4n) is 2.11. The van der Waals surface area contributed by atoms with Crippen LogP contribution in [0.25, 0.3) is 0 Å². The summed E-state index contributed by atoms with van der Waals surface area (Å²) in [6.45, 7) is 0.187. The summed E-state index contributed by atoms with van der Waals surface area (Å²) in [5.41, 5.74) is 1.11. The van der Waals surface area contributed by atoms with Crippen LogP contribution in [-0.4, -0.2) is 14.8 Å². The molecule has 0 radical (unpaired) electrons. The summed E-state index contributed by atoms with van der Waals surface area (Å²) in [5.74, 6) is 1.38. The Morgan fingerprint density at radius 1 is 1.16 bits per heavy atom. The molecule has 0 fully saturated rings. The fourth-order valence-corrected chi connectivity index (χ4v) is 3.41. The van der Waals surface area contributed by atoms with Gasteiger partial charge in [-0.2, -0.15) is 0 Å². The third kappa shape index (κ3) is 4.66. The summed E-state index contributed by atoms with van der Waals surface area (Å²) in [6.07, 6.45) is 0. The average Bonchev–Trinajstić information content (AvgIpc) is 2.92. The Balaban J connectivity index is 1.62. The average molecular weight is 398 g/mol. The Morgan fingerprint density at radius 2 is 2.00 bits per heavy atom. The lowest BCUT2D eigenvalue weighted by Gasteiger charge is -2.08. The molecule has 130 valence electrons. The van der Waals surface area contributed by atoms with Crippen LogP contribution in [0.2, 0.25) is 10.0 Å². The van der Waals surface area contributed by atoms with Crippen molar-refractivity contribution in [3.05, 3.63) is 69.7 Å². The molecule has 0 bridgehead atoms. The first kappa shape index (κ1) is 18.0. The van der Waals surface area contributed by atoms with Gasteiger partial charge in [0.05, 0.1) is 5.02 Å². The maximum atomic E-state index is 13.1. The zero-order chi connectivity index (χ0) is 17.8. The number of hydrogen-bond acceptors (Lipinski definition) is 4. The normalized spacial score (nSPS) is 10.9. The Kier molecular flexibility index (Phi) is 5.83. The predicted molar refractivity (Wildman–Crippen MR) is 97.8 cm³/mol. The van der Waals surface area contributed by atoms with Crippen molar-refractivity contribution in [3.8, 4) is 5.75 Å². The summed E-state index contributed by atoms with van der Waals surface area (Å²) >= 11 is 13.5. The summed E-state index contributed by atoms with van der Waals surface area (Å²) in [4.78, 5) is 0. The number of thioether (sulfide) groups is 1. The maximum absolute atomic E-state index is 13.1. The van der Waals surface area contributed by atoms with Gasteiger partial charge in [-0.05, 0) is 35.9 Å². The van der Waals surface area contributed by atoms with E-state index in [2.05, 4.69) is 10.2 Å². The molecule has 1 aromatic heterocycles. The maximum Gasteiger partial charge on any atom is 0.191 e. The Morgan fingerprint density at radius 3 is 2.76 bits per heavy atom. The van der Waals surface area contributed by atoms with Crippen LogP contribution in [0.4, 0.5) is 4.39 Å². The Hall–Kier alpha value is -1.76. The first-order valence-corrected chi connectivity index (χ1v) is 9.10. The van der Waals surface area contributed by atoms with E-state index in [1.807, 2.05) is 35.9 Å². The van der Waals surface area contributed by atoms with Crippen molar-refractivity contribution in [2.24, 2.45) is 7.05 Å². The monoisotopic (exact) mass is 397 g/mol. The second-order valence-electron chi connectivity index (χ2n) is 5.24. The Bertz CT molecular complexity index is 888. The number of hydrogen-bond donors (Lipinski definition) is 0. The van der Waals surface area contributed by atoms with E-state index in [9.17, 15) is 4.39 Å². The molecule has 0 saturated carbocycles. The highest BCUT2D eigenvalue weighted by atomic mass is 35.5. The van der Waals surface area contributed by atoms with E-state index in [0.717, 1.165) is 16.5 Å². The van der Waals surface area contributed by atoms with Gasteiger partial charge >= 0.3 is 0 Å². The van der Waals surface area contributed by atoms with Crippen molar-refractivity contribution in [2.75, 3.05) is 0 Å². The van der Waals surface area contributed by atoms with E-state index in [-0.39, 0.29) is 11.6 Å². The van der Waals surface area contributed by atoms with Gasteiger partial charge in [0.25, 0.3) is 0 Å². The first-order valence-electron chi connectivity index (χ1n) is 7.36. The van der Waals surface area contributed by atoms with Crippen molar-refractivity contribution in [1.82, 2.24) is 14.8 Å². The molecule has 2 aromatic carbocycles. The Labute approximate surface area is 158 Å². The number of halogens is 3. The quantitative estimate of drug-likeness (QED) is 0.540. The molecule has 0 aliphatic carbocycles. The van der Waals surface area contributed by atoms with Crippen LogP contribution >= 0.6 is 35.0 Å². The lowest BCUT2D eigenvalue weighted by atomic mass is 10.2. The summed E-state index contributed by atoms with van der Waals surface area (Å²) in [7, 11) is 1.87. The minimum Gasteiger partial charge on any atom is -0.484 e. The minimum atomic E-state index is -0.407. The van der Waals surface area contributed by atoms with E-state index in [1.165, 1.54) is 18.2 Å². The molecule has 0 spiro atoms. The molecule has 3 rings (SSSR count). The number of rotatable bonds is 6. The molecule has 3 aromatic rings. The fraction of sp³-hybridized carbons (Fsp3) is 0.176. The highest BCUT2D eigenvalue weighted by Gasteiger charge is 2.11. The van der Waals surface area contributed by atoms with Crippen molar-refractivity contribution in [1.29, 1.82) is 0 Å². The molecule has 0 N–H and O–H groups in total. The van der Waals surface area contributed by atoms with E-state index in [1.54, 1.807) is 11.8 Å². The first-order chi connectivity index (χ1) is 12.0. The third-order valence-corrected chi connectivity index (χ3v) is 5.05. The van der Waals surface area contributed by atoms with Crippen LogP contribution < -0.4 is 4.74 Å². The zero-order valence-electron chi connectivity index (χ0n) is 13.2.